The zero-order valence-electron chi connectivity index (χ0n) is 11.3. The Hall–Kier alpha value is -2.05. The Balaban J connectivity index is 1.98. The standard InChI is InChI=1S/C12H18N4O3/c1-15(7-10(17)13-8-4-5-8)12(18)9-6-16(2)14-11(9)19-3/h6,8H,4-5,7H2,1-3H3,(H,13,17). The third kappa shape index (κ3) is 3.24. The number of hydrogen-bond acceptors (Lipinski definition) is 4. The maximum atomic E-state index is 12.2. The van der Waals surface area contributed by atoms with Crippen molar-refractivity contribution < 1.29 is 14.3 Å². The van der Waals surface area contributed by atoms with Gasteiger partial charge in [-0.05, 0) is 12.8 Å². The molecule has 1 aliphatic rings. The molecule has 0 aromatic carbocycles. The molecular formula is C12H18N4O3. The van der Waals surface area contributed by atoms with E-state index in [9.17, 15) is 9.59 Å². The van der Waals surface area contributed by atoms with Gasteiger partial charge in [0.2, 0.25) is 11.8 Å². The summed E-state index contributed by atoms with van der Waals surface area (Å²) in [5, 5.41) is 6.86. The summed E-state index contributed by atoms with van der Waals surface area (Å²) in [6, 6.07) is 0.295. The Kier molecular flexibility index (Phi) is 3.73. The minimum absolute atomic E-state index is 0.0351. The molecule has 0 saturated heterocycles. The number of nitrogens with zero attached hydrogens (tertiary/aromatic N) is 3. The molecule has 0 aliphatic heterocycles. The lowest BCUT2D eigenvalue weighted by molar-refractivity contribution is -0.121. The first-order valence-electron chi connectivity index (χ1n) is 6.13. The monoisotopic (exact) mass is 266 g/mol. The minimum atomic E-state index is -0.282. The molecule has 2 rings (SSSR count). The van der Waals surface area contributed by atoms with Crippen LogP contribution in [0.25, 0.3) is 0 Å². The number of hydrogen-bond donors (Lipinski definition) is 1. The summed E-state index contributed by atoms with van der Waals surface area (Å²) in [6.45, 7) is 0.0351. The minimum Gasteiger partial charge on any atom is -0.479 e. The van der Waals surface area contributed by atoms with Crippen molar-refractivity contribution in [3.63, 3.8) is 0 Å². The first kappa shape index (κ1) is 13.4. The number of ether oxygens (including phenoxy) is 1. The van der Waals surface area contributed by atoms with E-state index in [4.69, 9.17) is 4.74 Å². The number of nitrogens with one attached hydrogen (secondary N) is 1. The summed E-state index contributed by atoms with van der Waals surface area (Å²) < 4.78 is 6.54. The van der Waals surface area contributed by atoms with E-state index in [0.29, 0.717) is 11.6 Å². The smallest absolute Gasteiger partial charge is 0.261 e. The molecule has 7 heteroatoms. The topological polar surface area (TPSA) is 76.5 Å². The van der Waals surface area contributed by atoms with E-state index in [1.807, 2.05) is 0 Å². The zero-order valence-corrected chi connectivity index (χ0v) is 11.3. The van der Waals surface area contributed by atoms with Gasteiger partial charge in [0.25, 0.3) is 5.91 Å². The van der Waals surface area contributed by atoms with Gasteiger partial charge in [-0.2, -0.15) is 0 Å². The third-order valence-corrected chi connectivity index (χ3v) is 2.89. The molecule has 1 heterocycles. The third-order valence-electron chi connectivity index (χ3n) is 2.89. The van der Waals surface area contributed by atoms with Gasteiger partial charge in [0.05, 0.1) is 13.7 Å². The van der Waals surface area contributed by atoms with E-state index in [-0.39, 0.29) is 24.2 Å². The maximum absolute atomic E-state index is 12.2. The van der Waals surface area contributed by atoms with Crippen LogP contribution < -0.4 is 10.1 Å². The molecular weight excluding hydrogens is 248 g/mol. The predicted molar refractivity (Wildman–Crippen MR) is 67.9 cm³/mol. The molecule has 1 aromatic heterocycles. The van der Waals surface area contributed by atoms with Gasteiger partial charge in [0.1, 0.15) is 5.56 Å². The van der Waals surface area contributed by atoms with E-state index in [2.05, 4.69) is 10.4 Å². The van der Waals surface area contributed by atoms with Crippen molar-refractivity contribution in [2.45, 2.75) is 18.9 Å². The van der Waals surface area contributed by atoms with Crippen LogP contribution >= 0.6 is 0 Å². The Morgan fingerprint density at radius 3 is 2.84 bits per heavy atom. The van der Waals surface area contributed by atoms with Crippen LogP contribution in [0.3, 0.4) is 0 Å². The average molecular weight is 266 g/mol. The van der Waals surface area contributed by atoms with Crippen LogP contribution in [0.5, 0.6) is 5.88 Å². The lowest BCUT2D eigenvalue weighted by Crippen LogP contribution is -2.39. The number of aryl methyl sites for hydroxylation is 1. The molecule has 0 spiro atoms. The van der Waals surface area contributed by atoms with Crippen LogP contribution in [0.1, 0.15) is 23.2 Å². The fourth-order valence-corrected chi connectivity index (χ4v) is 1.76. The molecule has 0 bridgehead atoms. The van der Waals surface area contributed by atoms with Crippen LogP contribution in [0.15, 0.2) is 6.20 Å². The summed E-state index contributed by atoms with van der Waals surface area (Å²) >= 11 is 0. The lowest BCUT2D eigenvalue weighted by atomic mass is 10.3. The molecule has 7 nitrogen and oxygen atoms in total. The molecule has 1 fully saturated rings. The van der Waals surface area contributed by atoms with E-state index in [1.54, 1.807) is 20.3 Å². The molecule has 0 atom stereocenters. The SMILES string of the molecule is COc1nn(C)cc1C(=O)N(C)CC(=O)NC1CC1. The van der Waals surface area contributed by atoms with Crippen molar-refractivity contribution in [1.29, 1.82) is 0 Å². The van der Waals surface area contributed by atoms with Gasteiger partial charge in [0, 0.05) is 26.3 Å². The van der Waals surface area contributed by atoms with Gasteiger partial charge in [0.15, 0.2) is 0 Å². The average Bonchev–Trinajstić information content (AvgIpc) is 3.08. The second-order valence-electron chi connectivity index (χ2n) is 4.73. The van der Waals surface area contributed by atoms with E-state index in [0.717, 1.165) is 12.8 Å². The first-order valence-corrected chi connectivity index (χ1v) is 6.13. The van der Waals surface area contributed by atoms with Crippen LogP contribution in [0.4, 0.5) is 0 Å². The number of carbonyl (C=O) groups is 2. The zero-order chi connectivity index (χ0) is 14.0. The van der Waals surface area contributed by atoms with Crippen molar-refractivity contribution in [1.82, 2.24) is 20.0 Å². The van der Waals surface area contributed by atoms with Gasteiger partial charge < -0.3 is 15.0 Å². The van der Waals surface area contributed by atoms with Crippen molar-refractivity contribution in [2.75, 3.05) is 20.7 Å². The fraction of sp³-hybridized carbons (Fsp3) is 0.583. The number of likely N-dealkylation sites (N-methyl/N-ethyl adjacent to an activating group) is 1. The summed E-state index contributed by atoms with van der Waals surface area (Å²) in [5.41, 5.74) is 0.353. The number of methoxy groups -OCH3 is 1. The number of carbonyl (C=O) groups excluding carboxylic acids is 2. The van der Waals surface area contributed by atoms with Gasteiger partial charge in [-0.3, -0.25) is 14.3 Å². The second kappa shape index (κ2) is 5.29. The molecule has 1 N–H and O–H groups in total. The highest BCUT2D eigenvalue weighted by molar-refractivity contribution is 5.98. The highest BCUT2D eigenvalue weighted by atomic mass is 16.5. The molecule has 104 valence electrons. The highest BCUT2D eigenvalue weighted by Gasteiger charge is 2.26. The van der Waals surface area contributed by atoms with Gasteiger partial charge >= 0.3 is 0 Å². The number of amides is 2. The molecule has 2 amide bonds. The number of aromatic nitrogens is 2. The Morgan fingerprint density at radius 1 is 1.58 bits per heavy atom. The largest absolute Gasteiger partial charge is 0.479 e. The fourth-order valence-electron chi connectivity index (χ4n) is 1.76. The van der Waals surface area contributed by atoms with Gasteiger partial charge in [-0.25, -0.2) is 0 Å². The summed E-state index contributed by atoms with van der Waals surface area (Å²) in [4.78, 5) is 25.2. The van der Waals surface area contributed by atoms with E-state index in [1.165, 1.54) is 16.7 Å². The molecule has 1 aromatic rings. The summed E-state index contributed by atoms with van der Waals surface area (Å²) in [5.74, 6) is -0.154. The Bertz CT molecular complexity index is 493. The van der Waals surface area contributed by atoms with Crippen molar-refractivity contribution in [3.05, 3.63) is 11.8 Å². The van der Waals surface area contributed by atoms with Crippen LogP contribution in [-0.4, -0.2) is 53.2 Å². The van der Waals surface area contributed by atoms with Crippen molar-refractivity contribution >= 4 is 11.8 Å². The normalized spacial score (nSPS) is 14.1. The Labute approximate surface area is 111 Å². The van der Waals surface area contributed by atoms with Crippen molar-refractivity contribution in [3.8, 4) is 5.88 Å². The predicted octanol–water partition coefficient (Wildman–Crippen LogP) is -0.221. The molecule has 1 saturated carbocycles. The van der Waals surface area contributed by atoms with Gasteiger partial charge in [-0.15, -0.1) is 5.10 Å². The summed E-state index contributed by atoms with van der Waals surface area (Å²) in [6.07, 6.45) is 3.64. The molecule has 0 unspecified atom stereocenters. The van der Waals surface area contributed by atoms with Crippen LogP contribution in [-0.2, 0) is 11.8 Å². The lowest BCUT2D eigenvalue weighted by Gasteiger charge is -2.16. The second-order valence-corrected chi connectivity index (χ2v) is 4.73. The molecule has 0 radical (unpaired) electrons. The van der Waals surface area contributed by atoms with E-state index < -0.39 is 0 Å². The number of rotatable bonds is 5. The van der Waals surface area contributed by atoms with Crippen molar-refractivity contribution in [2.24, 2.45) is 7.05 Å². The van der Waals surface area contributed by atoms with E-state index >= 15 is 0 Å². The first-order chi connectivity index (χ1) is 9.01. The van der Waals surface area contributed by atoms with Crippen LogP contribution in [0.2, 0.25) is 0 Å². The summed E-state index contributed by atoms with van der Waals surface area (Å²) in [7, 11) is 4.75. The quantitative estimate of drug-likeness (QED) is 0.799. The highest BCUT2D eigenvalue weighted by Crippen LogP contribution is 2.19. The van der Waals surface area contributed by atoms with Gasteiger partial charge in [-0.1, -0.05) is 0 Å². The van der Waals surface area contributed by atoms with Crippen LogP contribution in [0, 0.1) is 0 Å². The molecule has 1 aliphatic carbocycles. The Morgan fingerprint density at radius 2 is 2.26 bits per heavy atom. The molecule has 19 heavy (non-hydrogen) atoms. The maximum Gasteiger partial charge on any atom is 0.261 e.